The summed E-state index contributed by atoms with van der Waals surface area (Å²) >= 11 is 0. The van der Waals surface area contributed by atoms with Crippen LogP contribution in [0.1, 0.15) is 52.4 Å². The van der Waals surface area contributed by atoms with Crippen molar-refractivity contribution in [2.45, 2.75) is 76.8 Å². The van der Waals surface area contributed by atoms with Crippen LogP contribution in [0.25, 0.3) is 0 Å². The molecule has 0 spiro atoms. The topological polar surface area (TPSA) is 80.9 Å². The molecule has 0 aliphatic heterocycles. The van der Waals surface area contributed by atoms with Crippen molar-refractivity contribution in [3.63, 3.8) is 0 Å². The van der Waals surface area contributed by atoms with Crippen molar-refractivity contribution >= 4 is 0 Å². The van der Waals surface area contributed by atoms with Gasteiger partial charge in [0.05, 0.1) is 24.4 Å². The fourth-order valence-corrected chi connectivity index (χ4v) is 6.77. The minimum Gasteiger partial charge on any atom is -0.393 e. The molecule has 4 heteroatoms. The van der Waals surface area contributed by atoms with Crippen molar-refractivity contribution in [2.75, 3.05) is 0 Å². The van der Waals surface area contributed by atoms with E-state index in [0.29, 0.717) is 18.8 Å². The first kappa shape index (κ1) is 16.1. The van der Waals surface area contributed by atoms with E-state index in [-0.39, 0.29) is 28.8 Å². The maximum absolute atomic E-state index is 11.0. The van der Waals surface area contributed by atoms with Gasteiger partial charge in [-0.1, -0.05) is 25.5 Å². The molecule has 0 radical (unpaired) electrons. The maximum atomic E-state index is 11.0. The van der Waals surface area contributed by atoms with Gasteiger partial charge in [0.1, 0.15) is 0 Å². The van der Waals surface area contributed by atoms with Crippen LogP contribution in [0.2, 0.25) is 0 Å². The smallest absolute Gasteiger partial charge is 0.0856 e. The quantitative estimate of drug-likeness (QED) is 0.511. The lowest BCUT2D eigenvalue weighted by molar-refractivity contribution is -0.140. The van der Waals surface area contributed by atoms with Crippen LogP contribution in [-0.4, -0.2) is 44.8 Å². The zero-order valence-electron chi connectivity index (χ0n) is 14.2. The molecule has 0 amide bonds. The van der Waals surface area contributed by atoms with Crippen LogP contribution in [0, 0.1) is 28.6 Å². The molecule has 4 aliphatic rings. The lowest BCUT2D eigenvalue weighted by Gasteiger charge is -2.59. The predicted octanol–water partition coefficient (Wildman–Crippen LogP) is 1.61. The van der Waals surface area contributed by atoms with E-state index in [9.17, 15) is 20.4 Å². The number of rotatable bonds is 0. The third kappa shape index (κ3) is 2.05. The molecule has 4 rings (SSSR count). The Bertz CT molecular complexity index is 531. The van der Waals surface area contributed by atoms with Crippen LogP contribution in [0.5, 0.6) is 0 Å². The zero-order valence-corrected chi connectivity index (χ0v) is 14.2. The van der Waals surface area contributed by atoms with Crippen LogP contribution in [0.3, 0.4) is 0 Å². The third-order valence-corrected chi connectivity index (χ3v) is 7.98. The number of hydrogen-bond acceptors (Lipinski definition) is 4. The summed E-state index contributed by atoms with van der Waals surface area (Å²) in [6.07, 6.45) is 4.80. The molecule has 4 nitrogen and oxygen atoms in total. The molecule has 0 aromatic heterocycles. The van der Waals surface area contributed by atoms with Gasteiger partial charge in [0.2, 0.25) is 0 Å². The van der Waals surface area contributed by atoms with E-state index in [4.69, 9.17) is 0 Å². The molecule has 3 saturated carbocycles. The van der Waals surface area contributed by atoms with Crippen LogP contribution < -0.4 is 0 Å². The van der Waals surface area contributed by atoms with Gasteiger partial charge < -0.3 is 20.4 Å². The lowest BCUT2D eigenvalue weighted by Crippen LogP contribution is -2.57. The predicted molar refractivity (Wildman–Crippen MR) is 86.5 cm³/mol. The second-order valence-corrected chi connectivity index (χ2v) is 9.10. The SMILES string of the molecule is C[C@]12C[C@H](O)[C@H]3[C@@H](CC=C4C[C@@H](O)CC[C@@]43C)[C@@H]1C[C@H](O)[C@@H]2O. The van der Waals surface area contributed by atoms with E-state index >= 15 is 0 Å². The summed E-state index contributed by atoms with van der Waals surface area (Å²) in [6, 6.07) is 0. The fourth-order valence-electron chi connectivity index (χ4n) is 6.77. The molecule has 0 aromatic rings. The Morgan fingerprint density at radius 2 is 1.83 bits per heavy atom. The third-order valence-electron chi connectivity index (χ3n) is 7.98. The Morgan fingerprint density at radius 3 is 2.57 bits per heavy atom. The van der Waals surface area contributed by atoms with E-state index in [2.05, 4.69) is 13.0 Å². The van der Waals surface area contributed by atoms with E-state index < -0.39 is 18.3 Å². The highest BCUT2D eigenvalue weighted by Crippen LogP contribution is 2.64. The standard InChI is InChI=1S/C19H30O4/c1-18-6-5-11(20)7-10(18)3-4-12-13-8-14(21)17(23)19(13,2)9-15(22)16(12)18/h3,11-17,20-23H,4-9H2,1-2H3/t11-,12-,13-,14-,15-,16+,17-,18-,19-/m0/s1. The Hall–Kier alpha value is -0.420. The average Bonchev–Trinajstić information content (AvgIpc) is 2.71. The number of aliphatic hydroxyl groups excluding tert-OH is 4. The number of aliphatic hydroxyl groups is 4. The zero-order chi connectivity index (χ0) is 16.6. The molecule has 9 atom stereocenters. The van der Waals surface area contributed by atoms with Gasteiger partial charge in [-0.25, -0.2) is 0 Å². The van der Waals surface area contributed by atoms with Crippen molar-refractivity contribution in [2.24, 2.45) is 28.6 Å². The Morgan fingerprint density at radius 1 is 1.09 bits per heavy atom. The maximum Gasteiger partial charge on any atom is 0.0856 e. The summed E-state index contributed by atoms with van der Waals surface area (Å²) < 4.78 is 0. The Kier molecular flexibility index (Phi) is 3.52. The normalized spacial score (nSPS) is 58.9. The van der Waals surface area contributed by atoms with Crippen molar-refractivity contribution < 1.29 is 20.4 Å². The van der Waals surface area contributed by atoms with Crippen LogP contribution in [0.15, 0.2) is 11.6 Å². The summed E-state index contributed by atoms with van der Waals surface area (Å²) in [5.41, 5.74) is 0.899. The van der Waals surface area contributed by atoms with Crippen LogP contribution >= 0.6 is 0 Å². The molecule has 0 heterocycles. The summed E-state index contributed by atoms with van der Waals surface area (Å²) in [7, 11) is 0. The summed E-state index contributed by atoms with van der Waals surface area (Å²) in [4.78, 5) is 0. The van der Waals surface area contributed by atoms with Gasteiger partial charge in [-0.2, -0.15) is 0 Å². The first-order valence-corrected chi connectivity index (χ1v) is 9.19. The fraction of sp³-hybridized carbons (Fsp3) is 0.895. The minimum absolute atomic E-state index is 0.0403. The molecular weight excluding hydrogens is 292 g/mol. The molecule has 4 N–H and O–H groups in total. The molecule has 23 heavy (non-hydrogen) atoms. The minimum atomic E-state index is -0.727. The molecule has 4 aliphatic carbocycles. The number of hydrogen-bond donors (Lipinski definition) is 4. The number of allylic oxidation sites excluding steroid dienone is 1. The Labute approximate surface area is 138 Å². The molecule has 0 bridgehead atoms. The first-order chi connectivity index (χ1) is 10.8. The summed E-state index contributed by atoms with van der Waals surface area (Å²) in [5.74, 6) is 0.771. The van der Waals surface area contributed by atoms with E-state index in [1.165, 1.54) is 5.57 Å². The van der Waals surface area contributed by atoms with Gasteiger partial charge in [0, 0.05) is 5.41 Å². The van der Waals surface area contributed by atoms with Gasteiger partial charge in [0.25, 0.3) is 0 Å². The largest absolute Gasteiger partial charge is 0.393 e. The van der Waals surface area contributed by atoms with E-state index in [1.807, 2.05) is 6.92 Å². The van der Waals surface area contributed by atoms with E-state index in [1.54, 1.807) is 0 Å². The highest BCUT2D eigenvalue weighted by Gasteiger charge is 2.63. The van der Waals surface area contributed by atoms with Crippen molar-refractivity contribution in [1.29, 1.82) is 0 Å². The molecule has 130 valence electrons. The molecule has 0 unspecified atom stereocenters. The average molecular weight is 322 g/mol. The molecule has 0 aromatic carbocycles. The second kappa shape index (κ2) is 5.04. The van der Waals surface area contributed by atoms with Crippen molar-refractivity contribution in [3.05, 3.63) is 11.6 Å². The molecule has 3 fully saturated rings. The monoisotopic (exact) mass is 322 g/mol. The van der Waals surface area contributed by atoms with Gasteiger partial charge in [-0.3, -0.25) is 0 Å². The van der Waals surface area contributed by atoms with Crippen LogP contribution in [-0.2, 0) is 0 Å². The Balaban J connectivity index is 1.73. The summed E-state index contributed by atoms with van der Waals surface area (Å²) in [5, 5.41) is 41.7. The lowest BCUT2D eigenvalue weighted by atomic mass is 9.47. The highest BCUT2D eigenvalue weighted by molar-refractivity contribution is 5.27. The van der Waals surface area contributed by atoms with Crippen molar-refractivity contribution in [3.8, 4) is 0 Å². The summed E-state index contributed by atoms with van der Waals surface area (Å²) in [6.45, 7) is 4.30. The van der Waals surface area contributed by atoms with E-state index in [0.717, 1.165) is 25.7 Å². The molecule has 0 saturated heterocycles. The van der Waals surface area contributed by atoms with Gasteiger partial charge in [0.15, 0.2) is 0 Å². The van der Waals surface area contributed by atoms with Gasteiger partial charge in [-0.15, -0.1) is 0 Å². The highest BCUT2D eigenvalue weighted by atomic mass is 16.3. The van der Waals surface area contributed by atoms with Gasteiger partial charge in [-0.05, 0) is 61.7 Å². The van der Waals surface area contributed by atoms with Gasteiger partial charge >= 0.3 is 0 Å². The second-order valence-electron chi connectivity index (χ2n) is 9.10. The number of fused-ring (bicyclic) bond motifs is 5. The van der Waals surface area contributed by atoms with Crippen molar-refractivity contribution in [1.82, 2.24) is 0 Å². The van der Waals surface area contributed by atoms with Crippen LogP contribution in [0.4, 0.5) is 0 Å². The molecular formula is C19H30O4. The first-order valence-electron chi connectivity index (χ1n) is 9.19.